The predicted octanol–water partition coefficient (Wildman–Crippen LogP) is 4.28. The van der Waals surface area contributed by atoms with Crippen molar-refractivity contribution in [1.82, 2.24) is 0 Å². The van der Waals surface area contributed by atoms with E-state index in [0.717, 1.165) is 12.1 Å². The van der Waals surface area contributed by atoms with Crippen LogP contribution in [0.3, 0.4) is 0 Å². The summed E-state index contributed by atoms with van der Waals surface area (Å²) < 4.78 is 37.7. The van der Waals surface area contributed by atoms with Crippen molar-refractivity contribution in [3.63, 3.8) is 0 Å². The van der Waals surface area contributed by atoms with Gasteiger partial charge in [-0.1, -0.05) is 24.6 Å². The third-order valence-corrected chi connectivity index (χ3v) is 3.06. The molecule has 0 aliphatic rings. The fraction of sp³-hybridized carbons (Fsp3) is 0.462. The average Bonchev–Trinajstić information content (AvgIpc) is 2.33. The highest BCUT2D eigenvalue weighted by Crippen LogP contribution is 2.32. The molecule has 2 nitrogen and oxygen atoms in total. The van der Waals surface area contributed by atoms with Gasteiger partial charge in [0.05, 0.1) is 11.5 Å². The summed E-state index contributed by atoms with van der Waals surface area (Å²) in [7, 11) is 0. The summed E-state index contributed by atoms with van der Waals surface area (Å²) in [6, 6.07) is 4.48. The van der Waals surface area contributed by atoms with Crippen LogP contribution in [0, 0.1) is 0 Å². The molecule has 1 rings (SSSR count). The summed E-state index contributed by atoms with van der Waals surface area (Å²) in [5, 5.41) is 9.11. The molecule has 0 spiro atoms. The van der Waals surface area contributed by atoms with Gasteiger partial charge in [0.15, 0.2) is 0 Å². The van der Waals surface area contributed by atoms with Crippen LogP contribution in [0.15, 0.2) is 24.3 Å². The van der Waals surface area contributed by atoms with E-state index in [2.05, 4.69) is 0 Å². The van der Waals surface area contributed by atoms with Crippen molar-refractivity contribution in [3.05, 3.63) is 35.4 Å². The SMILES string of the molecule is O=C(O)C(CCCCCl)c1cccc(C(F)(F)F)c1. The second kappa shape index (κ2) is 6.80. The quantitative estimate of drug-likeness (QED) is 0.628. The molecule has 106 valence electrons. The molecule has 1 aromatic carbocycles. The predicted molar refractivity (Wildman–Crippen MR) is 66.4 cm³/mol. The highest BCUT2D eigenvalue weighted by Gasteiger charge is 2.31. The summed E-state index contributed by atoms with van der Waals surface area (Å²) >= 11 is 5.50. The van der Waals surface area contributed by atoms with Crippen LogP contribution in [0.25, 0.3) is 0 Å². The Morgan fingerprint density at radius 2 is 2.00 bits per heavy atom. The van der Waals surface area contributed by atoms with E-state index in [1.54, 1.807) is 0 Å². The maximum absolute atomic E-state index is 12.6. The molecule has 0 amide bonds. The van der Waals surface area contributed by atoms with Crippen molar-refractivity contribution in [2.45, 2.75) is 31.4 Å². The molecule has 6 heteroatoms. The van der Waals surface area contributed by atoms with E-state index in [-0.39, 0.29) is 12.0 Å². The number of hydrogen-bond acceptors (Lipinski definition) is 1. The minimum atomic E-state index is -4.46. The highest BCUT2D eigenvalue weighted by atomic mass is 35.5. The topological polar surface area (TPSA) is 37.3 Å². The standard InChI is InChI=1S/C13H14ClF3O2/c14-7-2-1-6-11(12(18)19)9-4-3-5-10(8-9)13(15,16)17/h3-5,8,11H,1-2,6-7H2,(H,18,19). The lowest BCUT2D eigenvalue weighted by atomic mass is 9.92. The minimum absolute atomic E-state index is 0.178. The number of aliphatic carboxylic acids is 1. The first-order chi connectivity index (χ1) is 8.86. The van der Waals surface area contributed by atoms with Crippen molar-refractivity contribution in [3.8, 4) is 0 Å². The van der Waals surface area contributed by atoms with Crippen molar-refractivity contribution in [2.75, 3.05) is 5.88 Å². The van der Waals surface area contributed by atoms with Gasteiger partial charge in [0.25, 0.3) is 0 Å². The number of halogens is 4. The number of carboxylic acids is 1. The van der Waals surface area contributed by atoms with Crippen LogP contribution in [0.4, 0.5) is 13.2 Å². The molecule has 1 aromatic rings. The van der Waals surface area contributed by atoms with Crippen LogP contribution in [0.2, 0.25) is 0 Å². The normalized spacial score (nSPS) is 13.3. The first-order valence-corrected chi connectivity index (χ1v) is 6.35. The largest absolute Gasteiger partial charge is 0.481 e. The number of hydrogen-bond donors (Lipinski definition) is 1. The zero-order chi connectivity index (χ0) is 14.5. The zero-order valence-electron chi connectivity index (χ0n) is 10.1. The summed E-state index contributed by atoms with van der Waals surface area (Å²) in [6.07, 6.45) is -2.97. The number of benzene rings is 1. The molecule has 1 unspecified atom stereocenters. The molecule has 0 aromatic heterocycles. The smallest absolute Gasteiger partial charge is 0.416 e. The molecule has 0 aliphatic carbocycles. The maximum atomic E-state index is 12.6. The third-order valence-electron chi connectivity index (χ3n) is 2.79. The molecule has 1 atom stereocenters. The van der Waals surface area contributed by atoms with Gasteiger partial charge in [0, 0.05) is 5.88 Å². The Hall–Kier alpha value is -1.23. The Labute approximate surface area is 114 Å². The van der Waals surface area contributed by atoms with Crippen LogP contribution >= 0.6 is 11.6 Å². The number of carboxylic acid groups (broad SMARTS) is 1. The molecule has 0 saturated carbocycles. The summed E-state index contributed by atoms with van der Waals surface area (Å²) in [5.41, 5.74) is -0.648. The lowest BCUT2D eigenvalue weighted by Gasteiger charge is -2.14. The van der Waals surface area contributed by atoms with Crippen molar-refractivity contribution in [2.24, 2.45) is 0 Å². The van der Waals surface area contributed by atoms with E-state index in [4.69, 9.17) is 16.7 Å². The van der Waals surface area contributed by atoms with Gasteiger partial charge in [-0.2, -0.15) is 13.2 Å². The number of carbonyl (C=O) groups is 1. The van der Waals surface area contributed by atoms with Crippen LogP contribution in [-0.2, 0) is 11.0 Å². The fourth-order valence-corrected chi connectivity index (χ4v) is 2.00. The van der Waals surface area contributed by atoms with Gasteiger partial charge in [0.2, 0.25) is 0 Å². The number of alkyl halides is 4. The van der Waals surface area contributed by atoms with Crippen LogP contribution in [0.1, 0.15) is 36.3 Å². The highest BCUT2D eigenvalue weighted by molar-refractivity contribution is 6.17. The van der Waals surface area contributed by atoms with E-state index in [0.29, 0.717) is 18.7 Å². The van der Waals surface area contributed by atoms with Crippen molar-refractivity contribution < 1.29 is 23.1 Å². The number of unbranched alkanes of at least 4 members (excludes halogenated alkanes) is 1. The Morgan fingerprint density at radius 1 is 1.32 bits per heavy atom. The van der Waals surface area contributed by atoms with E-state index in [1.807, 2.05) is 0 Å². The van der Waals surface area contributed by atoms with Gasteiger partial charge in [-0.3, -0.25) is 4.79 Å². The van der Waals surface area contributed by atoms with E-state index >= 15 is 0 Å². The fourth-order valence-electron chi connectivity index (χ4n) is 1.81. The minimum Gasteiger partial charge on any atom is -0.481 e. The second-order valence-corrected chi connectivity index (χ2v) is 4.58. The molecule has 0 heterocycles. The molecule has 0 aliphatic heterocycles. The van der Waals surface area contributed by atoms with Gasteiger partial charge in [-0.05, 0) is 24.5 Å². The van der Waals surface area contributed by atoms with Gasteiger partial charge >= 0.3 is 12.1 Å². The van der Waals surface area contributed by atoms with Crippen molar-refractivity contribution in [1.29, 1.82) is 0 Å². The summed E-state index contributed by atoms with van der Waals surface area (Å²) in [6.45, 7) is 0. The van der Waals surface area contributed by atoms with E-state index in [1.165, 1.54) is 12.1 Å². The Morgan fingerprint density at radius 3 is 2.53 bits per heavy atom. The molecule has 0 fully saturated rings. The average molecular weight is 295 g/mol. The first kappa shape index (κ1) is 15.8. The molecule has 0 bridgehead atoms. The molecule has 1 N–H and O–H groups in total. The number of rotatable bonds is 6. The van der Waals surface area contributed by atoms with E-state index in [9.17, 15) is 18.0 Å². The maximum Gasteiger partial charge on any atom is 0.416 e. The summed E-state index contributed by atoms with van der Waals surface area (Å²) in [4.78, 5) is 11.1. The Kier molecular flexibility index (Phi) is 5.66. The van der Waals surface area contributed by atoms with Gasteiger partial charge in [0.1, 0.15) is 0 Å². The lowest BCUT2D eigenvalue weighted by molar-refractivity contribution is -0.140. The van der Waals surface area contributed by atoms with Crippen LogP contribution in [-0.4, -0.2) is 17.0 Å². The van der Waals surface area contributed by atoms with Crippen LogP contribution < -0.4 is 0 Å². The Bertz CT molecular complexity index is 432. The van der Waals surface area contributed by atoms with Gasteiger partial charge in [-0.25, -0.2) is 0 Å². The van der Waals surface area contributed by atoms with Crippen LogP contribution in [0.5, 0.6) is 0 Å². The molecular weight excluding hydrogens is 281 g/mol. The first-order valence-electron chi connectivity index (χ1n) is 5.82. The molecule has 19 heavy (non-hydrogen) atoms. The van der Waals surface area contributed by atoms with Gasteiger partial charge in [-0.15, -0.1) is 11.6 Å². The zero-order valence-corrected chi connectivity index (χ0v) is 10.8. The molecule has 0 saturated heterocycles. The van der Waals surface area contributed by atoms with E-state index < -0.39 is 23.6 Å². The second-order valence-electron chi connectivity index (χ2n) is 4.20. The Balaban J connectivity index is 2.93. The third kappa shape index (κ3) is 4.74. The molecular formula is C13H14ClF3O2. The lowest BCUT2D eigenvalue weighted by Crippen LogP contribution is -2.13. The van der Waals surface area contributed by atoms with Crippen molar-refractivity contribution >= 4 is 17.6 Å². The monoisotopic (exact) mass is 294 g/mol. The molecule has 0 radical (unpaired) electrons. The van der Waals surface area contributed by atoms with Gasteiger partial charge < -0.3 is 5.11 Å². The summed E-state index contributed by atoms with van der Waals surface area (Å²) in [5.74, 6) is -1.63.